The van der Waals surface area contributed by atoms with Gasteiger partial charge in [-0.15, -0.1) is 5.10 Å². The molecule has 0 spiro atoms. The van der Waals surface area contributed by atoms with Crippen LogP contribution in [0.15, 0.2) is 48.5 Å². The Bertz CT molecular complexity index is 1080. The number of tetrazole rings is 1. The van der Waals surface area contributed by atoms with E-state index in [1.54, 1.807) is 14.2 Å². The lowest BCUT2D eigenvalue weighted by Crippen LogP contribution is -2.48. The lowest BCUT2D eigenvalue weighted by Gasteiger charge is -2.39. The Balaban J connectivity index is 1.40. The number of rotatable bonds is 9. The molecule has 1 aromatic heterocycles. The van der Waals surface area contributed by atoms with Gasteiger partial charge in [-0.2, -0.15) is 0 Å². The van der Waals surface area contributed by atoms with E-state index >= 15 is 0 Å². The molecule has 0 aliphatic carbocycles. The van der Waals surface area contributed by atoms with Crippen LogP contribution in [-0.2, 0) is 17.8 Å². The molecular weight excluding hydrogens is 444 g/mol. The third kappa shape index (κ3) is 5.47. The van der Waals surface area contributed by atoms with Crippen molar-refractivity contribution in [2.24, 2.45) is 0 Å². The molecule has 0 radical (unpaired) electrons. The molecule has 0 amide bonds. The van der Waals surface area contributed by atoms with Crippen molar-refractivity contribution in [3.63, 3.8) is 0 Å². The first kappa shape index (κ1) is 23.7. The molecule has 186 valence electrons. The van der Waals surface area contributed by atoms with Crippen molar-refractivity contribution < 1.29 is 14.2 Å². The third-order valence-electron chi connectivity index (χ3n) is 6.95. The van der Waals surface area contributed by atoms with Crippen molar-refractivity contribution in [2.75, 3.05) is 47.0 Å². The fourth-order valence-corrected chi connectivity index (χ4v) is 5.09. The van der Waals surface area contributed by atoms with Gasteiger partial charge in [0, 0.05) is 39.3 Å². The zero-order chi connectivity index (χ0) is 24.0. The average molecular weight is 479 g/mol. The van der Waals surface area contributed by atoms with E-state index in [9.17, 15) is 0 Å². The molecule has 2 aromatic carbocycles. The van der Waals surface area contributed by atoms with Crippen molar-refractivity contribution >= 4 is 0 Å². The van der Waals surface area contributed by atoms with Crippen molar-refractivity contribution in [3.8, 4) is 11.5 Å². The Labute approximate surface area is 206 Å². The zero-order valence-electron chi connectivity index (χ0n) is 20.5. The van der Waals surface area contributed by atoms with Gasteiger partial charge in [-0.1, -0.05) is 36.4 Å². The summed E-state index contributed by atoms with van der Waals surface area (Å²) in [5, 5.41) is 12.9. The molecule has 2 atom stereocenters. The predicted octanol–water partition coefficient (Wildman–Crippen LogP) is 2.78. The summed E-state index contributed by atoms with van der Waals surface area (Å²) >= 11 is 0. The molecule has 0 N–H and O–H groups in total. The fraction of sp³-hybridized carbons (Fsp3) is 0.500. The summed E-state index contributed by atoms with van der Waals surface area (Å²) in [4.78, 5) is 4.98. The Kier molecular flexibility index (Phi) is 7.56. The van der Waals surface area contributed by atoms with Crippen LogP contribution in [0.2, 0.25) is 0 Å². The summed E-state index contributed by atoms with van der Waals surface area (Å²) in [6, 6.07) is 16.7. The Morgan fingerprint density at radius 3 is 2.51 bits per heavy atom. The zero-order valence-corrected chi connectivity index (χ0v) is 20.5. The summed E-state index contributed by atoms with van der Waals surface area (Å²) in [5.41, 5.74) is 2.43. The minimum Gasteiger partial charge on any atom is -0.493 e. The third-order valence-corrected chi connectivity index (χ3v) is 6.95. The van der Waals surface area contributed by atoms with Gasteiger partial charge in [0.05, 0.1) is 32.9 Å². The molecular formula is C26H34N6O3. The quantitative estimate of drug-likeness (QED) is 0.465. The van der Waals surface area contributed by atoms with E-state index in [2.05, 4.69) is 61.7 Å². The predicted molar refractivity (Wildman–Crippen MR) is 131 cm³/mol. The first-order chi connectivity index (χ1) is 17.2. The molecule has 3 aromatic rings. The maximum Gasteiger partial charge on any atom is 0.173 e. The standard InChI is InChI=1S/C26H34N6O3/c1-33-23-11-10-21(17-24(23)34-2)25(26-27-28-29-32(26)19-22-9-6-16-35-22)31-14-12-30(13-15-31)18-20-7-4-3-5-8-20/h3-5,7-8,10-11,17,22,25H,6,9,12-16,18-19H2,1-2H3. The van der Waals surface area contributed by atoms with Crippen LogP contribution in [0.5, 0.6) is 11.5 Å². The van der Waals surface area contributed by atoms with Gasteiger partial charge < -0.3 is 14.2 Å². The summed E-state index contributed by atoms with van der Waals surface area (Å²) in [6.45, 7) is 6.23. The Morgan fingerprint density at radius 2 is 1.80 bits per heavy atom. The normalized spacial score (nSPS) is 20.1. The van der Waals surface area contributed by atoms with Crippen LogP contribution in [-0.4, -0.2) is 83.1 Å². The van der Waals surface area contributed by atoms with Crippen LogP contribution in [0.1, 0.15) is 35.8 Å². The number of nitrogens with zero attached hydrogens (tertiary/aromatic N) is 6. The summed E-state index contributed by atoms with van der Waals surface area (Å²) in [5.74, 6) is 2.25. The largest absolute Gasteiger partial charge is 0.493 e. The highest BCUT2D eigenvalue weighted by Gasteiger charge is 2.32. The second-order valence-electron chi connectivity index (χ2n) is 9.17. The average Bonchev–Trinajstić information content (AvgIpc) is 3.59. The second-order valence-corrected chi connectivity index (χ2v) is 9.17. The van der Waals surface area contributed by atoms with Crippen LogP contribution < -0.4 is 9.47 Å². The topological polar surface area (TPSA) is 77.8 Å². The molecule has 5 rings (SSSR count). The van der Waals surface area contributed by atoms with Gasteiger partial charge in [-0.05, 0) is 46.5 Å². The van der Waals surface area contributed by atoms with Gasteiger partial charge in [-0.25, -0.2) is 4.68 Å². The molecule has 9 heteroatoms. The minimum absolute atomic E-state index is 0.0925. The van der Waals surface area contributed by atoms with Crippen molar-refractivity contribution in [2.45, 2.75) is 38.1 Å². The van der Waals surface area contributed by atoms with E-state index in [0.29, 0.717) is 18.0 Å². The van der Waals surface area contributed by atoms with E-state index in [-0.39, 0.29) is 12.1 Å². The summed E-state index contributed by atoms with van der Waals surface area (Å²) in [7, 11) is 3.32. The molecule has 9 nitrogen and oxygen atoms in total. The monoisotopic (exact) mass is 478 g/mol. The van der Waals surface area contributed by atoms with E-state index in [0.717, 1.165) is 63.6 Å². The minimum atomic E-state index is -0.0925. The number of hydrogen-bond donors (Lipinski definition) is 0. The molecule has 3 heterocycles. The fourth-order valence-electron chi connectivity index (χ4n) is 5.09. The molecule has 2 aliphatic rings. The van der Waals surface area contributed by atoms with Crippen LogP contribution >= 0.6 is 0 Å². The number of ether oxygens (including phenoxy) is 3. The van der Waals surface area contributed by atoms with E-state index in [4.69, 9.17) is 14.2 Å². The van der Waals surface area contributed by atoms with Gasteiger partial charge in [0.25, 0.3) is 0 Å². The van der Waals surface area contributed by atoms with Gasteiger partial charge in [0.15, 0.2) is 17.3 Å². The van der Waals surface area contributed by atoms with Crippen LogP contribution in [0.3, 0.4) is 0 Å². The molecule has 0 saturated carbocycles. The van der Waals surface area contributed by atoms with Crippen LogP contribution in [0.4, 0.5) is 0 Å². The SMILES string of the molecule is COc1ccc(C(c2nnnn2CC2CCCO2)N2CCN(Cc3ccccc3)CC2)cc1OC. The maximum atomic E-state index is 5.88. The second kappa shape index (κ2) is 11.2. The first-order valence-electron chi connectivity index (χ1n) is 12.3. The highest BCUT2D eigenvalue weighted by molar-refractivity contribution is 5.45. The molecule has 35 heavy (non-hydrogen) atoms. The molecule has 0 bridgehead atoms. The highest BCUT2D eigenvalue weighted by Crippen LogP contribution is 2.35. The smallest absolute Gasteiger partial charge is 0.173 e. The van der Waals surface area contributed by atoms with Gasteiger partial charge in [-0.3, -0.25) is 9.80 Å². The van der Waals surface area contributed by atoms with Gasteiger partial charge in [0.1, 0.15) is 0 Å². The van der Waals surface area contributed by atoms with Crippen molar-refractivity contribution in [3.05, 3.63) is 65.5 Å². The Hall–Kier alpha value is -3.01. The lowest BCUT2D eigenvalue weighted by molar-refractivity contribution is 0.0841. The first-order valence-corrected chi connectivity index (χ1v) is 12.3. The number of piperazine rings is 1. The summed E-state index contributed by atoms with van der Waals surface area (Å²) < 4.78 is 18.9. The molecule has 2 unspecified atom stereocenters. The number of aromatic nitrogens is 4. The van der Waals surface area contributed by atoms with E-state index in [1.807, 2.05) is 16.8 Å². The number of methoxy groups -OCH3 is 2. The summed E-state index contributed by atoms with van der Waals surface area (Å²) in [6.07, 6.45) is 2.29. The van der Waals surface area contributed by atoms with Crippen molar-refractivity contribution in [1.82, 2.24) is 30.0 Å². The maximum absolute atomic E-state index is 5.88. The van der Waals surface area contributed by atoms with Gasteiger partial charge >= 0.3 is 0 Å². The lowest BCUT2D eigenvalue weighted by atomic mass is 10.0. The van der Waals surface area contributed by atoms with Crippen LogP contribution in [0.25, 0.3) is 0 Å². The number of benzene rings is 2. The van der Waals surface area contributed by atoms with Crippen molar-refractivity contribution in [1.29, 1.82) is 0 Å². The Morgan fingerprint density at radius 1 is 1.00 bits per heavy atom. The van der Waals surface area contributed by atoms with E-state index in [1.165, 1.54) is 5.56 Å². The molecule has 2 saturated heterocycles. The molecule has 2 fully saturated rings. The van der Waals surface area contributed by atoms with E-state index < -0.39 is 0 Å². The van der Waals surface area contributed by atoms with Gasteiger partial charge in [0.2, 0.25) is 0 Å². The van der Waals surface area contributed by atoms with Crippen LogP contribution in [0, 0.1) is 0 Å². The highest BCUT2D eigenvalue weighted by atomic mass is 16.5. The number of hydrogen-bond acceptors (Lipinski definition) is 8. The molecule has 2 aliphatic heterocycles.